The van der Waals surface area contributed by atoms with Crippen molar-refractivity contribution in [1.82, 2.24) is 0 Å². The van der Waals surface area contributed by atoms with Crippen LogP contribution < -0.4 is 5.32 Å². The molecule has 0 aliphatic carbocycles. The molecular weight excluding hydrogens is 392 g/mol. The molecule has 1 N–H and O–H groups in total. The quantitative estimate of drug-likeness (QED) is 0.612. The lowest BCUT2D eigenvalue weighted by atomic mass is 10.3. The van der Waals surface area contributed by atoms with E-state index in [1.54, 1.807) is 18.2 Å². The molecule has 0 aliphatic rings. The summed E-state index contributed by atoms with van der Waals surface area (Å²) in [7, 11) is 0. The molecule has 5 nitrogen and oxygen atoms in total. The molecule has 0 saturated carbocycles. The van der Waals surface area contributed by atoms with Gasteiger partial charge in [-0.15, -0.1) is 0 Å². The Morgan fingerprint density at radius 2 is 2.25 bits per heavy atom. The van der Waals surface area contributed by atoms with Crippen LogP contribution in [0.4, 0.5) is 5.69 Å². The van der Waals surface area contributed by atoms with Crippen molar-refractivity contribution in [1.29, 1.82) is 0 Å². The van der Waals surface area contributed by atoms with E-state index in [4.69, 9.17) is 9.25 Å². The Hall–Kier alpha value is -1.60. The van der Waals surface area contributed by atoms with Gasteiger partial charge >= 0.3 is 0 Å². The monoisotopic (exact) mass is 400 g/mol. The van der Waals surface area contributed by atoms with Gasteiger partial charge < -0.3 is 14.6 Å². The number of rotatable bonds is 5. The molecule has 0 atom stereocenters. The summed E-state index contributed by atoms with van der Waals surface area (Å²) in [6, 6.07) is 8.91. The number of amides is 1. The number of hydrogen-bond acceptors (Lipinski definition) is 4. The Kier molecular flexibility index (Phi) is 5.37. The van der Waals surface area contributed by atoms with Gasteiger partial charge in [-0.1, -0.05) is 21.1 Å². The number of hydrogen-bond donors (Lipinski definition) is 1. The number of furan rings is 1. The molecule has 0 bridgehead atoms. The lowest BCUT2D eigenvalue weighted by molar-refractivity contribution is -0.120. The van der Waals surface area contributed by atoms with E-state index in [9.17, 15) is 4.79 Å². The number of carbonyl (C=O) groups is 1. The zero-order chi connectivity index (χ0) is 14.4. The fourth-order valence-corrected chi connectivity index (χ4v) is 2.47. The van der Waals surface area contributed by atoms with E-state index in [2.05, 4.69) is 42.3 Å². The molecule has 0 spiro atoms. The lowest BCUT2D eigenvalue weighted by Gasteiger charge is -2.06. The summed E-state index contributed by atoms with van der Waals surface area (Å²) in [5, 5.41) is 6.34. The van der Waals surface area contributed by atoms with Crippen molar-refractivity contribution in [2.45, 2.75) is 0 Å². The third-order valence-corrected chi connectivity index (χ3v) is 3.35. The highest BCUT2D eigenvalue weighted by Gasteiger charge is 2.06. The Bertz CT molecular complexity index is 612. The number of halogens is 2. The number of benzene rings is 1. The van der Waals surface area contributed by atoms with Gasteiger partial charge in [0.1, 0.15) is 12.0 Å². The number of anilines is 1. The van der Waals surface area contributed by atoms with Gasteiger partial charge in [0.15, 0.2) is 6.61 Å². The Labute approximate surface area is 132 Å². The first-order valence-electron chi connectivity index (χ1n) is 5.59. The highest BCUT2D eigenvalue weighted by atomic mass is 79.9. The lowest BCUT2D eigenvalue weighted by Crippen LogP contribution is -2.17. The summed E-state index contributed by atoms with van der Waals surface area (Å²) < 4.78 is 6.72. The van der Waals surface area contributed by atoms with E-state index in [0.717, 1.165) is 8.95 Å². The van der Waals surface area contributed by atoms with Crippen LogP contribution in [0.5, 0.6) is 0 Å². The first kappa shape index (κ1) is 14.8. The number of nitrogens with one attached hydrogen (secondary N) is 1. The molecule has 0 radical (unpaired) electrons. The van der Waals surface area contributed by atoms with E-state index in [0.29, 0.717) is 11.4 Å². The molecular formula is C13H10Br2N2O3. The topological polar surface area (TPSA) is 63.8 Å². The van der Waals surface area contributed by atoms with Gasteiger partial charge in [-0.2, -0.15) is 0 Å². The molecule has 0 unspecified atom stereocenters. The second-order valence-corrected chi connectivity index (χ2v) is 5.47. The van der Waals surface area contributed by atoms with Crippen LogP contribution in [-0.2, 0) is 9.63 Å². The van der Waals surface area contributed by atoms with Gasteiger partial charge in [-0.25, -0.2) is 0 Å². The maximum Gasteiger partial charge on any atom is 0.265 e. The largest absolute Gasteiger partial charge is 0.463 e. The highest BCUT2D eigenvalue weighted by molar-refractivity contribution is 9.11. The van der Waals surface area contributed by atoms with Crippen LogP contribution in [0.3, 0.4) is 0 Å². The molecule has 1 heterocycles. The van der Waals surface area contributed by atoms with Crippen LogP contribution in [0.15, 0.2) is 55.1 Å². The molecule has 2 aromatic rings. The molecule has 0 saturated heterocycles. The summed E-state index contributed by atoms with van der Waals surface area (Å²) in [5.74, 6) is 0.255. The minimum atomic E-state index is -0.301. The Balaban J connectivity index is 1.80. The van der Waals surface area contributed by atoms with E-state index in [-0.39, 0.29) is 12.5 Å². The van der Waals surface area contributed by atoms with Crippen LogP contribution in [0.1, 0.15) is 5.76 Å². The normalized spacial score (nSPS) is 10.7. The third-order valence-electron chi connectivity index (χ3n) is 2.20. The van der Waals surface area contributed by atoms with Crippen molar-refractivity contribution < 1.29 is 14.0 Å². The SMILES string of the molecule is O=C(CO/N=C/c1ccco1)Nc1ccc(Br)cc1Br. The third kappa shape index (κ3) is 4.50. The standard InChI is InChI=1S/C13H10Br2N2O3/c14-9-3-4-12(11(15)6-9)17-13(18)8-20-16-7-10-2-1-5-19-10/h1-7H,8H2,(H,17,18)/b16-7+. The van der Waals surface area contributed by atoms with E-state index in [1.165, 1.54) is 12.5 Å². The predicted molar refractivity (Wildman–Crippen MR) is 82.7 cm³/mol. The summed E-state index contributed by atoms with van der Waals surface area (Å²) in [6.45, 7) is -0.181. The van der Waals surface area contributed by atoms with Crippen molar-refractivity contribution in [3.8, 4) is 0 Å². The van der Waals surface area contributed by atoms with Crippen molar-refractivity contribution in [3.63, 3.8) is 0 Å². The fraction of sp³-hybridized carbons (Fsp3) is 0.0769. The molecule has 0 aliphatic heterocycles. The fourth-order valence-electron chi connectivity index (χ4n) is 1.33. The van der Waals surface area contributed by atoms with Crippen molar-refractivity contribution >= 4 is 49.7 Å². The second kappa shape index (κ2) is 7.25. The maximum atomic E-state index is 11.6. The number of oxime groups is 1. The minimum absolute atomic E-state index is 0.181. The number of nitrogens with zero attached hydrogens (tertiary/aromatic N) is 1. The van der Waals surface area contributed by atoms with Gasteiger partial charge in [0.2, 0.25) is 0 Å². The van der Waals surface area contributed by atoms with Crippen LogP contribution in [0, 0.1) is 0 Å². The second-order valence-electron chi connectivity index (χ2n) is 3.70. The first-order chi connectivity index (χ1) is 9.65. The molecule has 1 amide bonds. The van der Waals surface area contributed by atoms with Crippen LogP contribution >= 0.6 is 31.9 Å². The Morgan fingerprint density at radius 3 is 2.95 bits per heavy atom. The average molecular weight is 402 g/mol. The summed E-state index contributed by atoms with van der Waals surface area (Å²) in [4.78, 5) is 16.5. The summed E-state index contributed by atoms with van der Waals surface area (Å²) in [6.07, 6.45) is 2.92. The molecule has 1 aromatic heterocycles. The zero-order valence-corrected chi connectivity index (χ0v) is 13.3. The van der Waals surface area contributed by atoms with Crippen LogP contribution in [0.25, 0.3) is 0 Å². The van der Waals surface area contributed by atoms with Gasteiger partial charge in [0, 0.05) is 8.95 Å². The predicted octanol–water partition coefficient (Wildman–Crippen LogP) is 3.79. The number of carbonyl (C=O) groups excluding carboxylic acids is 1. The van der Waals surface area contributed by atoms with Crippen molar-refractivity contribution in [3.05, 3.63) is 51.3 Å². The van der Waals surface area contributed by atoms with Crippen molar-refractivity contribution in [2.24, 2.45) is 5.16 Å². The first-order valence-corrected chi connectivity index (χ1v) is 7.17. The van der Waals surface area contributed by atoms with E-state index < -0.39 is 0 Å². The van der Waals surface area contributed by atoms with Gasteiger partial charge in [0.05, 0.1) is 12.0 Å². The highest BCUT2D eigenvalue weighted by Crippen LogP contribution is 2.25. The molecule has 7 heteroatoms. The Morgan fingerprint density at radius 1 is 1.40 bits per heavy atom. The average Bonchev–Trinajstić information content (AvgIpc) is 2.91. The van der Waals surface area contributed by atoms with Crippen molar-refractivity contribution in [2.75, 3.05) is 11.9 Å². The van der Waals surface area contributed by atoms with Crippen LogP contribution in [-0.4, -0.2) is 18.7 Å². The smallest absolute Gasteiger partial charge is 0.265 e. The molecule has 2 rings (SSSR count). The van der Waals surface area contributed by atoms with E-state index in [1.807, 2.05) is 12.1 Å². The molecule has 104 valence electrons. The van der Waals surface area contributed by atoms with Gasteiger partial charge in [-0.3, -0.25) is 4.79 Å². The molecule has 20 heavy (non-hydrogen) atoms. The van der Waals surface area contributed by atoms with E-state index >= 15 is 0 Å². The maximum absolute atomic E-state index is 11.6. The summed E-state index contributed by atoms with van der Waals surface area (Å²) >= 11 is 6.69. The van der Waals surface area contributed by atoms with Gasteiger partial charge in [0.25, 0.3) is 5.91 Å². The molecule has 1 aromatic carbocycles. The minimum Gasteiger partial charge on any atom is -0.463 e. The molecule has 0 fully saturated rings. The summed E-state index contributed by atoms with van der Waals surface area (Å²) in [5.41, 5.74) is 0.664. The van der Waals surface area contributed by atoms with Gasteiger partial charge in [-0.05, 0) is 46.3 Å². The zero-order valence-electron chi connectivity index (χ0n) is 10.2. The van der Waals surface area contributed by atoms with Crippen LogP contribution in [0.2, 0.25) is 0 Å².